The molecule has 0 amide bonds. The lowest BCUT2D eigenvalue weighted by Gasteiger charge is -2.10. The Morgan fingerprint density at radius 3 is 2.39 bits per heavy atom. The molecular weight excluding hydrogens is 267 g/mol. The monoisotopic (exact) mass is 275 g/mol. The summed E-state index contributed by atoms with van der Waals surface area (Å²) in [5.41, 5.74) is 5.10. The van der Waals surface area contributed by atoms with E-state index < -0.39 is 11.9 Å². The highest BCUT2D eigenvalue weighted by Gasteiger charge is 2.35. The van der Waals surface area contributed by atoms with Gasteiger partial charge in [-0.25, -0.2) is 0 Å². The first-order valence-corrected chi connectivity index (χ1v) is 5.39. The molecule has 96 valence electrons. The lowest BCUT2D eigenvalue weighted by Crippen LogP contribution is -2.15. The Hall–Kier alpha value is -1.69. The number of hydrogen-bond donors (Lipinski definition) is 1. The lowest BCUT2D eigenvalue weighted by molar-refractivity contribution is -0.144. The highest BCUT2D eigenvalue weighted by molar-refractivity contribution is 6.30. The SMILES string of the molecule is Nc1cc(C(F)(F)F)n(Cc2ccc(Cl)cc2)n1. The molecule has 0 unspecified atom stereocenters. The van der Waals surface area contributed by atoms with Crippen molar-refractivity contribution in [3.05, 3.63) is 46.6 Å². The zero-order valence-electron chi connectivity index (χ0n) is 9.08. The number of nitrogens with zero attached hydrogens (tertiary/aromatic N) is 2. The van der Waals surface area contributed by atoms with Crippen molar-refractivity contribution >= 4 is 17.4 Å². The van der Waals surface area contributed by atoms with E-state index in [0.29, 0.717) is 10.6 Å². The van der Waals surface area contributed by atoms with Gasteiger partial charge in [-0.05, 0) is 17.7 Å². The van der Waals surface area contributed by atoms with Crippen LogP contribution in [-0.4, -0.2) is 9.78 Å². The normalized spacial score (nSPS) is 11.8. The molecule has 0 aliphatic carbocycles. The Labute approximate surface area is 106 Å². The van der Waals surface area contributed by atoms with Crippen molar-refractivity contribution in [2.75, 3.05) is 5.73 Å². The molecule has 7 heteroatoms. The van der Waals surface area contributed by atoms with Crippen LogP contribution in [0.4, 0.5) is 19.0 Å². The molecule has 0 fully saturated rings. The third-order valence-corrected chi connectivity index (χ3v) is 2.59. The van der Waals surface area contributed by atoms with Crippen LogP contribution in [0.5, 0.6) is 0 Å². The molecule has 1 aromatic heterocycles. The van der Waals surface area contributed by atoms with E-state index in [1.807, 2.05) is 0 Å². The summed E-state index contributed by atoms with van der Waals surface area (Å²) in [5, 5.41) is 4.16. The van der Waals surface area contributed by atoms with Crippen molar-refractivity contribution in [3.63, 3.8) is 0 Å². The average Bonchev–Trinajstić information content (AvgIpc) is 2.63. The second-order valence-corrected chi connectivity index (χ2v) is 4.17. The smallest absolute Gasteiger partial charge is 0.382 e. The summed E-state index contributed by atoms with van der Waals surface area (Å²) in [4.78, 5) is 0. The second kappa shape index (κ2) is 4.53. The zero-order chi connectivity index (χ0) is 13.3. The third kappa shape index (κ3) is 2.76. The number of halogens is 4. The lowest BCUT2D eigenvalue weighted by atomic mass is 10.2. The number of nitrogen functional groups attached to an aromatic ring is 1. The first-order chi connectivity index (χ1) is 8.36. The Morgan fingerprint density at radius 2 is 1.83 bits per heavy atom. The van der Waals surface area contributed by atoms with Crippen LogP contribution >= 0.6 is 11.6 Å². The summed E-state index contributed by atoms with van der Waals surface area (Å²) in [6.45, 7) is -0.0107. The molecule has 18 heavy (non-hydrogen) atoms. The van der Waals surface area contributed by atoms with Crippen molar-refractivity contribution < 1.29 is 13.2 Å². The summed E-state index contributed by atoms with van der Waals surface area (Å²) < 4.78 is 38.9. The van der Waals surface area contributed by atoms with Gasteiger partial charge in [0.1, 0.15) is 11.5 Å². The maximum Gasteiger partial charge on any atom is 0.433 e. The molecule has 0 radical (unpaired) electrons. The predicted octanol–water partition coefficient (Wildman–Crippen LogP) is 3.19. The number of anilines is 1. The van der Waals surface area contributed by atoms with Crippen molar-refractivity contribution in [2.45, 2.75) is 12.7 Å². The van der Waals surface area contributed by atoms with Crippen LogP contribution < -0.4 is 5.73 Å². The van der Waals surface area contributed by atoms with Crippen molar-refractivity contribution in [3.8, 4) is 0 Å². The molecule has 0 saturated carbocycles. The van der Waals surface area contributed by atoms with Gasteiger partial charge in [0.05, 0.1) is 6.54 Å². The van der Waals surface area contributed by atoms with Gasteiger partial charge in [0.2, 0.25) is 0 Å². The molecule has 0 spiro atoms. The van der Waals surface area contributed by atoms with Crippen LogP contribution in [0.25, 0.3) is 0 Å². The molecule has 0 saturated heterocycles. The van der Waals surface area contributed by atoms with E-state index in [-0.39, 0.29) is 12.4 Å². The summed E-state index contributed by atoms with van der Waals surface area (Å²) >= 11 is 5.70. The summed E-state index contributed by atoms with van der Waals surface area (Å²) in [5.74, 6) is -0.156. The molecule has 1 heterocycles. The molecule has 0 aliphatic rings. The van der Waals surface area contributed by atoms with E-state index in [1.165, 1.54) is 0 Å². The fourth-order valence-corrected chi connectivity index (χ4v) is 1.67. The van der Waals surface area contributed by atoms with Gasteiger partial charge in [0.15, 0.2) is 0 Å². The molecule has 2 aromatic rings. The highest BCUT2D eigenvalue weighted by Crippen LogP contribution is 2.30. The van der Waals surface area contributed by atoms with Crippen molar-refractivity contribution in [2.24, 2.45) is 0 Å². The standard InChI is InChI=1S/C11H9ClF3N3/c12-8-3-1-7(2-4-8)6-18-9(11(13,14)15)5-10(16)17-18/h1-5H,6H2,(H2,16,17). The van der Waals surface area contributed by atoms with E-state index in [2.05, 4.69) is 5.10 Å². The maximum atomic E-state index is 12.7. The van der Waals surface area contributed by atoms with Gasteiger partial charge in [-0.2, -0.15) is 18.3 Å². The molecule has 1 aromatic carbocycles. The van der Waals surface area contributed by atoms with Crippen LogP contribution in [0.15, 0.2) is 30.3 Å². The number of aromatic nitrogens is 2. The van der Waals surface area contributed by atoms with Crippen molar-refractivity contribution in [1.82, 2.24) is 9.78 Å². The zero-order valence-corrected chi connectivity index (χ0v) is 9.83. The van der Waals surface area contributed by atoms with Crippen LogP contribution in [-0.2, 0) is 12.7 Å². The van der Waals surface area contributed by atoms with Gasteiger partial charge in [0.25, 0.3) is 0 Å². The van der Waals surface area contributed by atoms with Crippen LogP contribution in [0.2, 0.25) is 5.02 Å². The minimum absolute atomic E-state index is 0.0107. The Bertz CT molecular complexity index is 546. The van der Waals surface area contributed by atoms with Gasteiger partial charge in [-0.15, -0.1) is 0 Å². The fraction of sp³-hybridized carbons (Fsp3) is 0.182. The number of hydrogen-bond acceptors (Lipinski definition) is 2. The first-order valence-electron chi connectivity index (χ1n) is 5.01. The molecular formula is C11H9ClF3N3. The van der Waals surface area contributed by atoms with Crippen molar-refractivity contribution in [1.29, 1.82) is 0 Å². The predicted molar refractivity (Wildman–Crippen MR) is 62.2 cm³/mol. The summed E-state index contributed by atoms with van der Waals surface area (Å²) in [6, 6.07) is 7.31. The Balaban J connectivity index is 2.31. The highest BCUT2D eigenvalue weighted by atomic mass is 35.5. The molecule has 2 rings (SSSR count). The molecule has 2 N–H and O–H groups in total. The second-order valence-electron chi connectivity index (χ2n) is 3.74. The van der Waals surface area contributed by atoms with Crippen LogP contribution in [0.1, 0.15) is 11.3 Å². The van der Waals surface area contributed by atoms with Crippen LogP contribution in [0.3, 0.4) is 0 Å². The molecule has 0 atom stereocenters. The first kappa shape index (κ1) is 12.8. The van der Waals surface area contributed by atoms with Gasteiger partial charge in [-0.1, -0.05) is 23.7 Å². The van der Waals surface area contributed by atoms with Gasteiger partial charge >= 0.3 is 6.18 Å². The van der Waals surface area contributed by atoms with E-state index in [4.69, 9.17) is 17.3 Å². The van der Waals surface area contributed by atoms with Gasteiger partial charge in [0, 0.05) is 11.1 Å². The Kier molecular flexibility index (Phi) is 3.21. The van der Waals surface area contributed by atoms with E-state index in [0.717, 1.165) is 10.7 Å². The average molecular weight is 276 g/mol. The fourth-order valence-electron chi connectivity index (χ4n) is 1.55. The maximum absolute atomic E-state index is 12.7. The topological polar surface area (TPSA) is 43.8 Å². The van der Waals surface area contributed by atoms with E-state index >= 15 is 0 Å². The number of nitrogens with two attached hydrogens (primary N) is 1. The summed E-state index contributed by atoms with van der Waals surface area (Å²) in [6.07, 6.45) is -4.48. The van der Waals surface area contributed by atoms with E-state index in [1.54, 1.807) is 24.3 Å². The Morgan fingerprint density at radius 1 is 1.22 bits per heavy atom. The molecule has 3 nitrogen and oxygen atoms in total. The molecule has 0 aliphatic heterocycles. The number of benzene rings is 1. The van der Waals surface area contributed by atoms with Crippen LogP contribution in [0, 0.1) is 0 Å². The molecule has 0 bridgehead atoms. The summed E-state index contributed by atoms with van der Waals surface area (Å²) in [7, 11) is 0. The number of rotatable bonds is 2. The third-order valence-electron chi connectivity index (χ3n) is 2.33. The van der Waals surface area contributed by atoms with E-state index in [9.17, 15) is 13.2 Å². The quantitative estimate of drug-likeness (QED) is 0.915. The van der Waals surface area contributed by atoms with Gasteiger partial charge in [-0.3, -0.25) is 4.68 Å². The minimum Gasteiger partial charge on any atom is -0.382 e. The largest absolute Gasteiger partial charge is 0.433 e. The number of alkyl halides is 3. The minimum atomic E-state index is -4.48. The van der Waals surface area contributed by atoms with Gasteiger partial charge < -0.3 is 5.73 Å².